The molecule has 0 spiro atoms. The number of aliphatic carboxylic acids is 1. The number of hydrogen-bond acceptors (Lipinski definition) is 2. The Morgan fingerprint density at radius 3 is 2.69 bits per heavy atom. The summed E-state index contributed by atoms with van der Waals surface area (Å²) in [7, 11) is 0. The van der Waals surface area contributed by atoms with Gasteiger partial charge in [0.25, 0.3) is 0 Å². The second-order valence-corrected chi connectivity index (χ2v) is 4.06. The molecule has 0 saturated heterocycles. The summed E-state index contributed by atoms with van der Waals surface area (Å²) in [6.07, 6.45) is -1.46. The van der Waals surface area contributed by atoms with Gasteiger partial charge in [-0.3, -0.25) is 4.79 Å². The van der Waals surface area contributed by atoms with Crippen molar-refractivity contribution in [2.45, 2.75) is 19.4 Å². The molecule has 0 saturated carbocycles. The van der Waals surface area contributed by atoms with E-state index in [0.717, 1.165) is 0 Å². The number of aliphatic hydroxyl groups excluding tert-OH is 1. The molecule has 0 amide bonds. The molecule has 0 aliphatic heterocycles. The van der Waals surface area contributed by atoms with Crippen LogP contribution in [-0.4, -0.2) is 16.2 Å². The van der Waals surface area contributed by atoms with Crippen molar-refractivity contribution in [1.82, 2.24) is 0 Å². The number of benzene rings is 1. The number of carboxylic acids is 1. The normalized spacial score (nSPS) is 14.5. The highest BCUT2D eigenvalue weighted by Crippen LogP contribution is 2.31. The Morgan fingerprint density at radius 2 is 2.19 bits per heavy atom. The summed E-state index contributed by atoms with van der Waals surface area (Å²) in [5.74, 6) is -2.27. The van der Waals surface area contributed by atoms with Gasteiger partial charge in [-0.05, 0) is 18.1 Å². The van der Waals surface area contributed by atoms with Gasteiger partial charge in [-0.2, -0.15) is 0 Å². The number of carboxylic acid groups (broad SMARTS) is 1. The van der Waals surface area contributed by atoms with E-state index < -0.39 is 23.8 Å². The van der Waals surface area contributed by atoms with Gasteiger partial charge in [-0.15, -0.1) is 0 Å². The van der Waals surface area contributed by atoms with Crippen molar-refractivity contribution >= 4 is 17.6 Å². The first-order chi connectivity index (χ1) is 7.43. The van der Waals surface area contributed by atoms with Crippen molar-refractivity contribution in [2.75, 3.05) is 0 Å². The minimum absolute atomic E-state index is 0.0436. The van der Waals surface area contributed by atoms with Gasteiger partial charge in [0.1, 0.15) is 5.82 Å². The highest BCUT2D eigenvalue weighted by Gasteiger charge is 2.24. The molecule has 1 rings (SSSR count). The second kappa shape index (κ2) is 5.27. The molecule has 16 heavy (non-hydrogen) atoms. The summed E-state index contributed by atoms with van der Waals surface area (Å²) in [5.41, 5.74) is -0.0436. The monoisotopic (exact) mass is 246 g/mol. The van der Waals surface area contributed by atoms with Crippen LogP contribution in [-0.2, 0) is 4.79 Å². The van der Waals surface area contributed by atoms with Crippen molar-refractivity contribution in [3.05, 3.63) is 34.6 Å². The van der Waals surface area contributed by atoms with Crippen LogP contribution in [0.1, 0.15) is 25.0 Å². The number of rotatable bonds is 4. The van der Waals surface area contributed by atoms with Gasteiger partial charge in [-0.1, -0.05) is 24.6 Å². The average molecular weight is 247 g/mol. The van der Waals surface area contributed by atoms with Gasteiger partial charge < -0.3 is 10.2 Å². The summed E-state index contributed by atoms with van der Waals surface area (Å²) in [4.78, 5) is 10.5. The van der Waals surface area contributed by atoms with Crippen LogP contribution in [0.4, 0.5) is 4.39 Å². The lowest BCUT2D eigenvalue weighted by molar-refractivity contribution is -0.139. The Balaban J connectivity index is 2.95. The Morgan fingerprint density at radius 1 is 1.56 bits per heavy atom. The molecule has 0 aliphatic rings. The molecule has 2 atom stereocenters. The van der Waals surface area contributed by atoms with Gasteiger partial charge in [0.15, 0.2) is 0 Å². The van der Waals surface area contributed by atoms with Crippen molar-refractivity contribution in [3.63, 3.8) is 0 Å². The van der Waals surface area contributed by atoms with E-state index in [-0.39, 0.29) is 17.0 Å². The van der Waals surface area contributed by atoms with E-state index in [1.807, 2.05) is 0 Å². The fourth-order valence-electron chi connectivity index (χ4n) is 1.46. The van der Waals surface area contributed by atoms with Gasteiger partial charge in [0, 0.05) is 10.6 Å². The zero-order valence-corrected chi connectivity index (χ0v) is 9.41. The van der Waals surface area contributed by atoms with Crippen LogP contribution in [0.25, 0.3) is 0 Å². The topological polar surface area (TPSA) is 57.5 Å². The summed E-state index contributed by atoms with van der Waals surface area (Å²) < 4.78 is 13.4. The highest BCUT2D eigenvalue weighted by molar-refractivity contribution is 6.31. The van der Waals surface area contributed by atoms with Crippen LogP contribution < -0.4 is 0 Å². The maximum Gasteiger partial charge on any atom is 0.303 e. The van der Waals surface area contributed by atoms with Crippen molar-refractivity contribution < 1.29 is 19.4 Å². The molecule has 0 radical (unpaired) electrons. The first-order valence-corrected chi connectivity index (χ1v) is 5.15. The quantitative estimate of drug-likeness (QED) is 0.859. The first kappa shape index (κ1) is 12.9. The minimum atomic E-state index is -1.22. The minimum Gasteiger partial charge on any atom is -0.481 e. The van der Waals surface area contributed by atoms with E-state index in [2.05, 4.69) is 0 Å². The lowest BCUT2D eigenvalue weighted by atomic mass is 9.94. The van der Waals surface area contributed by atoms with Gasteiger partial charge in [0.05, 0.1) is 12.5 Å². The third-order valence-corrected chi connectivity index (χ3v) is 2.66. The summed E-state index contributed by atoms with van der Waals surface area (Å²) in [5, 5.41) is 18.5. The Labute approximate surface area is 97.5 Å². The van der Waals surface area contributed by atoms with Crippen molar-refractivity contribution in [1.29, 1.82) is 0 Å². The molecule has 0 fully saturated rings. The molecule has 2 N–H and O–H groups in total. The molecule has 88 valence electrons. The van der Waals surface area contributed by atoms with E-state index >= 15 is 0 Å². The Bertz CT molecular complexity index is 375. The molecule has 5 heteroatoms. The molecule has 1 aromatic carbocycles. The zero-order chi connectivity index (χ0) is 12.3. The lowest BCUT2D eigenvalue weighted by Gasteiger charge is -2.19. The van der Waals surface area contributed by atoms with E-state index in [4.69, 9.17) is 16.7 Å². The van der Waals surface area contributed by atoms with E-state index in [1.54, 1.807) is 0 Å². The maximum atomic E-state index is 13.4. The van der Waals surface area contributed by atoms with Gasteiger partial charge in [0.2, 0.25) is 0 Å². The molecule has 0 aromatic heterocycles. The smallest absolute Gasteiger partial charge is 0.303 e. The predicted octanol–water partition coefficient (Wildman–Crippen LogP) is 2.62. The van der Waals surface area contributed by atoms with E-state index in [0.29, 0.717) is 0 Å². The third kappa shape index (κ3) is 2.93. The molecule has 3 nitrogen and oxygen atoms in total. The molecule has 2 unspecified atom stereocenters. The fourth-order valence-corrected chi connectivity index (χ4v) is 1.74. The zero-order valence-electron chi connectivity index (χ0n) is 8.65. The number of hydrogen-bond donors (Lipinski definition) is 2. The molecular formula is C11H12ClFO3. The molecule has 0 bridgehead atoms. The van der Waals surface area contributed by atoms with Crippen LogP contribution in [0.15, 0.2) is 18.2 Å². The molecule has 1 aromatic rings. The van der Waals surface area contributed by atoms with Gasteiger partial charge >= 0.3 is 5.97 Å². The van der Waals surface area contributed by atoms with Crippen molar-refractivity contribution in [3.8, 4) is 0 Å². The van der Waals surface area contributed by atoms with E-state index in [1.165, 1.54) is 25.1 Å². The third-order valence-electron chi connectivity index (χ3n) is 2.33. The fraction of sp³-hybridized carbons (Fsp3) is 0.364. The van der Waals surface area contributed by atoms with E-state index in [9.17, 15) is 14.3 Å². The van der Waals surface area contributed by atoms with Gasteiger partial charge in [-0.25, -0.2) is 4.39 Å². The van der Waals surface area contributed by atoms with Crippen LogP contribution in [0.2, 0.25) is 5.02 Å². The van der Waals surface area contributed by atoms with Crippen LogP contribution in [0.5, 0.6) is 0 Å². The summed E-state index contributed by atoms with van der Waals surface area (Å²) in [6.45, 7) is 1.53. The predicted molar refractivity (Wildman–Crippen MR) is 57.8 cm³/mol. The highest BCUT2D eigenvalue weighted by atomic mass is 35.5. The van der Waals surface area contributed by atoms with Crippen LogP contribution in [0, 0.1) is 11.7 Å². The largest absolute Gasteiger partial charge is 0.481 e. The maximum absolute atomic E-state index is 13.4. The van der Waals surface area contributed by atoms with Crippen molar-refractivity contribution in [2.24, 2.45) is 5.92 Å². The SMILES string of the molecule is CC(CC(=O)O)C(O)c1c(F)cccc1Cl. The molecule has 0 heterocycles. The van der Waals surface area contributed by atoms with Crippen LogP contribution >= 0.6 is 11.6 Å². The number of aliphatic hydroxyl groups is 1. The van der Waals surface area contributed by atoms with Crippen LogP contribution in [0.3, 0.4) is 0 Å². The summed E-state index contributed by atoms with van der Waals surface area (Å²) >= 11 is 5.76. The Hall–Kier alpha value is -1.13. The Kier molecular flexibility index (Phi) is 4.26. The lowest BCUT2D eigenvalue weighted by Crippen LogP contribution is -2.15. The second-order valence-electron chi connectivity index (χ2n) is 3.66. The number of halogens is 2. The molecule has 0 aliphatic carbocycles. The average Bonchev–Trinajstić information content (AvgIpc) is 2.16. The standard InChI is InChI=1S/C11H12ClFO3/c1-6(5-9(14)15)11(16)10-7(12)3-2-4-8(10)13/h2-4,6,11,16H,5H2,1H3,(H,14,15). The first-order valence-electron chi connectivity index (χ1n) is 4.77. The molecular weight excluding hydrogens is 235 g/mol. The number of carbonyl (C=O) groups is 1. The summed E-state index contributed by atoms with van der Waals surface area (Å²) in [6, 6.07) is 4.06.